The van der Waals surface area contributed by atoms with Crippen LogP contribution in [0.2, 0.25) is 0 Å². The molecule has 154 valence electrons. The second-order valence-corrected chi connectivity index (χ2v) is 12.3. The van der Waals surface area contributed by atoms with E-state index in [4.69, 9.17) is 0 Å². The van der Waals surface area contributed by atoms with Gasteiger partial charge in [-0.25, -0.2) is 0 Å². The zero-order valence-corrected chi connectivity index (χ0v) is 18.7. The maximum Gasteiger partial charge on any atom is 0.222 e. The molecule has 27 heavy (non-hydrogen) atoms. The summed E-state index contributed by atoms with van der Waals surface area (Å²) in [6.07, 6.45) is 10.7. The number of carbonyl (C=O) groups is 1. The van der Waals surface area contributed by atoms with Crippen molar-refractivity contribution in [3.8, 4) is 0 Å². The van der Waals surface area contributed by atoms with Crippen LogP contribution in [-0.2, 0) is 4.79 Å². The van der Waals surface area contributed by atoms with E-state index in [1.807, 2.05) is 18.9 Å². The summed E-state index contributed by atoms with van der Waals surface area (Å²) < 4.78 is 0.340. The zero-order valence-electron chi connectivity index (χ0n) is 17.1. The maximum atomic E-state index is 13.1. The maximum absolute atomic E-state index is 13.1. The third-order valence-electron chi connectivity index (χ3n) is 7.82. The summed E-state index contributed by atoms with van der Waals surface area (Å²) in [7, 11) is 2.02. The van der Waals surface area contributed by atoms with Crippen molar-refractivity contribution < 1.29 is 9.90 Å². The first-order chi connectivity index (χ1) is 12.7. The number of nitrogens with zero attached hydrogens (tertiary/aromatic N) is 2. The van der Waals surface area contributed by atoms with Crippen LogP contribution in [0.1, 0.15) is 64.7 Å². The lowest BCUT2D eigenvalue weighted by Gasteiger charge is -2.60. The smallest absolute Gasteiger partial charge is 0.222 e. The lowest BCUT2D eigenvalue weighted by atomic mass is 9.48. The summed E-state index contributed by atoms with van der Waals surface area (Å²) in [5.74, 6) is 2.69. The Hall–Kier alpha value is -0.130. The minimum absolute atomic E-state index is 0.246. The highest BCUT2D eigenvalue weighted by Gasteiger charge is 2.57. The van der Waals surface area contributed by atoms with Crippen LogP contribution in [0.25, 0.3) is 0 Å². The molecule has 1 amide bonds. The fraction of sp³-hybridized carbons (Fsp3) is 0.955. The Morgan fingerprint density at radius 3 is 2.41 bits per heavy atom. The van der Waals surface area contributed by atoms with Crippen molar-refractivity contribution in [3.63, 3.8) is 0 Å². The molecular formula is C22H37BrN2O2. The van der Waals surface area contributed by atoms with Gasteiger partial charge in [0.25, 0.3) is 0 Å². The summed E-state index contributed by atoms with van der Waals surface area (Å²) >= 11 is 4.07. The van der Waals surface area contributed by atoms with Crippen LogP contribution in [0.15, 0.2) is 0 Å². The molecule has 5 fully saturated rings. The summed E-state index contributed by atoms with van der Waals surface area (Å²) in [5, 5.41) is 9.56. The largest absolute Gasteiger partial charge is 0.392 e. The number of alkyl halides is 1. The number of aliphatic hydroxyl groups is 1. The van der Waals surface area contributed by atoms with Gasteiger partial charge >= 0.3 is 0 Å². The molecule has 1 saturated heterocycles. The average Bonchev–Trinajstić information content (AvgIpc) is 2.53. The molecule has 3 unspecified atom stereocenters. The van der Waals surface area contributed by atoms with E-state index in [1.165, 1.54) is 38.5 Å². The second kappa shape index (κ2) is 7.60. The van der Waals surface area contributed by atoms with Crippen molar-refractivity contribution in [1.29, 1.82) is 0 Å². The van der Waals surface area contributed by atoms with Crippen LogP contribution < -0.4 is 0 Å². The van der Waals surface area contributed by atoms with E-state index < -0.39 is 0 Å². The first-order valence-corrected chi connectivity index (χ1v) is 11.9. The molecule has 1 heterocycles. The monoisotopic (exact) mass is 440 g/mol. The Morgan fingerprint density at radius 2 is 1.85 bits per heavy atom. The fourth-order valence-electron chi connectivity index (χ4n) is 7.21. The number of rotatable bonds is 6. The third-order valence-corrected chi connectivity index (χ3v) is 8.75. The number of amides is 1. The van der Waals surface area contributed by atoms with Crippen LogP contribution in [0.5, 0.6) is 0 Å². The Bertz CT molecular complexity index is 545. The Morgan fingerprint density at radius 1 is 1.22 bits per heavy atom. The van der Waals surface area contributed by atoms with Gasteiger partial charge in [0, 0.05) is 30.9 Å². The van der Waals surface area contributed by atoms with Gasteiger partial charge in [-0.3, -0.25) is 4.79 Å². The SMILES string of the molecule is CC(O)CN1CCC(CN(C)C(=O)CC23CC4CC(CC(Br)(C4)C2)C3)CC1. The summed E-state index contributed by atoms with van der Waals surface area (Å²) in [6.45, 7) is 5.65. The van der Waals surface area contributed by atoms with Crippen LogP contribution in [0.4, 0.5) is 0 Å². The highest BCUT2D eigenvalue weighted by Crippen LogP contribution is 2.65. The zero-order chi connectivity index (χ0) is 19.2. The minimum atomic E-state index is -0.246. The standard InChI is InChI=1S/C22H37BrN2O2/c1-16(26)13-25-5-3-17(4-6-25)14-24(2)20(27)12-21-8-18-7-19(9-21)11-22(23,10-18)15-21/h16-19,26H,3-15H2,1-2H3. The molecule has 4 saturated carbocycles. The van der Waals surface area contributed by atoms with Gasteiger partial charge in [0.15, 0.2) is 0 Å². The van der Waals surface area contributed by atoms with Gasteiger partial charge in [-0.1, -0.05) is 15.9 Å². The van der Waals surface area contributed by atoms with Crippen LogP contribution in [-0.4, -0.2) is 64.5 Å². The Balaban J connectivity index is 1.28. The van der Waals surface area contributed by atoms with E-state index in [2.05, 4.69) is 20.8 Å². The minimum Gasteiger partial charge on any atom is -0.392 e. The van der Waals surface area contributed by atoms with Gasteiger partial charge in [-0.05, 0) is 94.5 Å². The summed E-state index contributed by atoms with van der Waals surface area (Å²) in [5.41, 5.74) is 0.277. The van der Waals surface area contributed by atoms with Gasteiger partial charge in [0.2, 0.25) is 5.91 Å². The van der Waals surface area contributed by atoms with Crippen molar-refractivity contribution in [2.75, 3.05) is 33.2 Å². The molecule has 5 rings (SSSR count). The van der Waals surface area contributed by atoms with Crippen molar-refractivity contribution in [2.24, 2.45) is 23.2 Å². The van der Waals surface area contributed by atoms with Crippen LogP contribution >= 0.6 is 15.9 Å². The molecule has 5 aliphatic rings. The molecule has 4 aliphatic carbocycles. The highest BCUT2D eigenvalue weighted by molar-refractivity contribution is 9.10. The van der Waals surface area contributed by atoms with E-state index in [-0.39, 0.29) is 11.5 Å². The molecule has 0 aromatic rings. The normalized spacial score (nSPS) is 40.3. The third kappa shape index (κ3) is 4.56. The quantitative estimate of drug-likeness (QED) is 0.640. The number of β-amino-alcohol motifs (C(OH)–C–C–N with tert-alkyl or cyclic N) is 1. The van der Waals surface area contributed by atoms with E-state index in [0.717, 1.165) is 57.3 Å². The van der Waals surface area contributed by atoms with Gasteiger partial charge in [0.05, 0.1) is 6.10 Å². The lowest BCUT2D eigenvalue weighted by molar-refractivity contribution is -0.137. The Kier molecular flexibility index (Phi) is 5.68. The molecule has 4 bridgehead atoms. The molecule has 1 N–H and O–H groups in total. The predicted molar refractivity (Wildman–Crippen MR) is 112 cm³/mol. The van der Waals surface area contributed by atoms with Crippen molar-refractivity contribution >= 4 is 21.8 Å². The highest BCUT2D eigenvalue weighted by atomic mass is 79.9. The molecule has 0 aromatic carbocycles. The summed E-state index contributed by atoms with van der Waals surface area (Å²) in [4.78, 5) is 17.5. The number of carbonyl (C=O) groups excluding carboxylic acids is 1. The lowest BCUT2D eigenvalue weighted by Crippen LogP contribution is -2.54. The molecule has 5 heteroatoms. The number of piperidine rings is 1. The fourth-order valence-corrected chi connectivity index (χ4v) is 8.72. The van der Waals surface area contributed by atoms with Gasteiger partial charge in [-0.2, -0.15) is 0 Å². The molecule has 4 nitrogen and oxygen atoms in total. The molecule has 3 atom stereocenters. The second-order valence-electron chi connectivity index (χ2n) is 10.7. The van der Waals surface area contributed by atoms with Crippen molar-refractivity contribution in [1.82, 2.24) is 9.80 Å². The first kappa shape index (κ1) is 20.2. The average molecular weight is 441 g/mol. The van der Waals surface area contributed by atoms with Gasteiger partial charge in [0.1, 0.15) is 0 Å². The molecule has 0 spiro atoms. The van der Waals surface area contributed by atoms with Gasteiger partial charge < -0.3 is 14.9 Å². The molecular weight excluding hydrogens is 404 g/mol. The topological polar surface area (TPSA) is 43.8 Å². The number of aliphatic hydroxyl groups excluding tert-OH is 1. The van der Waals surface area contributed by atoms with E-state index in [9.17, 15) is 9.90 Å². The summed E-state index contributed by atoms with van der Waals surface area (Å²) in [6, 6.07) is 0. The first-order valence-electron chi connectivity index (χ1n) is 11.1. The van der Waals surface area contributed by atoms with Crippen molar-refractivity contribution in [2.45, 2.75) is 75.1 Å². The predicted octanol–water partition coefficient (Wildman–Crippen LogP) is 3.66. The van der Waals surface area contributed by atoms with E-state index in [0.29, 0.717) is 16.1 Å². The Labute approximate surface area is 173 Å². The van der Waals surface area contributed by atoms with E-state index >= 15 is 0 Å². The van der Waals surface area contributed by atoms with E-state index in [1.54, 1.807) is 0 Å². The number of halogens is 1. The van der Waals surface area contributed by atoms with Crippen LogP contribution in [0.3, 0.4) is 0 Å². The molecule has 0 aromatic heterocycles. The van der Waals surface area contributed by atoms with Gasteiger partial charge in [-0.15, -0.1) is 0 Å². The molecule has 1 aliphatic heterocycles. The van der Waals surface area contributed by atoms with Crippen LogP contribution in [0, 0.1) is 23.2 Å². The number of hydrogen-bond donors (Lipinski definition) is 1. The molecule has 0 radical (unpaired) electrons. The number of hydrogen-bond acceptors (Lipinski definition) is 3. The number of likely N-dealkylation sites (tertiary alicyclic amines) is 1. The van der Waals surface area contributed by atoms with Crippen molar-refractivity contribution in [3.05, 3.63) is 0 Å².